The monoisotopic (exact) mass is 489 g/mol. The molecule has 0 saturated heterocycles. The van der Waals surface area contributed by atoms with Crippen LogP contribution < -0.4 is 11.2 Å². The van der Waals surface area contributed by atoms with Crippen LogP contribution in [0.15, 0.2) is 0 Å². The second kappa shape index (κ2) is 10.7. The number of methoxy groups -OCH3 is 1. The minimum Gasteiger partial charge on any atom is -0.393 e. The molecule has 0 aromatic heterocycles. The minimum atomic E-state index is -0.125. The lowest BCUT2D eigenvalue weighted by Gasteiger charge is -2.61. The van der Waals surface area contributed by atoms with E-state index < -0.39 is 0 Å². The Morgan fingerprint density at radius 2 is 1.86 bits per heavy atom. The molecule has 6 nitrogen and oxygen atoms in total. The Morgan fingerprint density at radius 1 is 1.06 bits per heavy atom. The van der Waals surface area contributed by atoms with Crippen LogP contribution in [0, 0.1) is 40.4 Å². The first-order valence-electron chi connectivity index (χ1n) is 14.8. The van der Waals surface area contributed by atoms with E-state index in [1.807, 2.05) is 7.11 Å². The molecular weight excluding hydrogens is 438 g/mol. The molecule has 5 aliphatic rings. The smallest absolute Gasteiger partial charge is 0.151 e. The number of nitrogens with one attached hydrogen (secondary N) is 1. The van der Waals surface area contributed by atoms with Crippen LogP contribution in [0.3, 0.4) is 0 Å². The summed E-state index contributed by atoms with van der Waals surface area (Å²) in [6.45, 7) is 5.21. The molecule has 0 radical (unpaired) electrons. The summed E-state index contributed by atoms with van der Waals surface area (Å²) in [7, 11) is 1.87. The van der Waals surface area contributed by atoms with Gasteiger partial charge in [-0.3, -0.25) is 10.2 Å². The highest BCUT2D eigenvalue weighted by Gasteiger charge is 2.62. The largest absolute Gasteiger partial charge is 0.393 e. The third-order valence-corrected chi connectivity index (χ3v) is 11.7. The van der Waals surface area contributed by atoms with E-state index in [1.165, 1.54) is 57.8 Å². The number of carbonyl (C=O) groups is 1. The van der Waals surface area contributed by atoms with Crippen molar-refractivity contribution in [1.82, 2.24) is 10.4 Å². The van der Waals surface area contributed by atoms with E-state index in [1.54, 1.807) is 0 Å². The first kappa shape index (κ1) is 26.1. The van der Waals surface area contributed by atoms with Gasteiger partial charge in [0.15, 0.2) is 5.78 Å². The number of nitrogens with two attached hydrogens (primary N) is 1. The maximum absolute atomic E-state index is 13.9. The Hall–Kier alpha value is -0.530. The summed E-state index contributed by atoms with van der Waals surface area (Å²) in [6.07, 6.45) is 15.0. The van der Waals surface area contributed by atoms with E-state index in [2.05, 4.69) is 17.4 Å². The van der Waals surface area contributed by atoms with Gasteiger partial charge in [0.05, 0.1) is 19.3 Å². The van der Waals surface area contributed by atoms with Gasteiger partial charge < -0.3 is 15.6 Å². The van der Waals surface area contributed by atoms with Gasteiger partial charge in [-0.1, -0.05) is 19.8 Å². The zero-order chi connectivity index (χ0) is 24.6. The van der Waals surface area contributed by atoms with Gasteiger partial charge in [0, 0.05) is 32.2 Å². The van der Waals surface area contributed by atoms with Crippen LogP contribution in [-0.4, -0.2) is 61.4 Å². The van der Waals surface area contributed by atoms with Crippen LogP contribution in [0.2, 0.25) is 0 Å². The van der Waals surface area contributed by atoms with Gasteiger partial charge in [0.1, 0.15) is 0 Å². The number of hydrogen-bond donors (Lipinski definition) is 3. The van der Waals surface area contributed by atoms with Gasteiger partial charge in [-0.2, -0.15) is 0 Å². The lowest BCUT2D eigenvalue weighted by molar-refractivity contribution is -0.161. The lowest BCUT2D eigenvalue weighted by atomic mass is 9.44. The quantitative estimate of drug-likeness (QED) is 0.426. The Bertz CT molecular complexity index is 743. The molecule has 5 aliphatic carbocycles. The molecule has 0 aromatic rings. The maximum Gasteiger partial charge on any atom is 0.151 e. The molecule has 0 aliphatic heterocycles. The number of hydrazine groups is 1. The summed E-state index contributed by atoms with van der Waals surface area (Å²) in [4.78, 5) is 13.9. The van der Waals surface area contributed by atoms with Crippen LogP contribution in [0.4, 0.5) is 0 Å². The Labute approximate surface area is 213 Å². The van der Waals surface area contributed by atoms with Gasteiger partial charge in [0.25, 0.3) is 0 Å². The number of aliphatic hydroxyl groups excluding tert-OH is 1. The summed E-state index contributed by atoms with van der Waals surface area (Å²) < 4.78 is 5.89. The number of fused-ring (bicyclic) bond motifs is 5. The number of aliphatic hydroxyl groups is 1. The Morgan fingerprint density at radius 3 is 2.60 bits per heavy atom. The van der Waals surface area contributed by atoms with E-state index in [0.29, 0.717) is 42.7 Å². The summed E-state index contributed by atoms with van der Waals surface area (Å²) in [5.41, 5.74) is 9.67. The van der Waals surface area contributed by atoms with Crippen molar-refractivity contribution in [3.05, 3.63) is 0 Å². The van der Waals surface area contributed by atoms with Gasteiger partial charge in [-0.15, -0.1) is 0 Å². The third-order valence-electron chi connectivity index (χ3n) is 11.7. The van der Waals surface area contributed by atoms with Crippen molar-refractivity contribution in [2.75, 3.05) is 33.4 Å². The highest BCUT2D eigenvalue weighted by molar-refractivity contribution is 5.84. The zero-order valence-corrected chi connectivity index (χ0v) is 22.4. The summed E-state index contributed by atoms with van der Waals surface area (Å²) in [6, 6.07) is 0.483. The molecule has 1 unspecified atom stereocenters. The van der Waals surface area contributed by atoms with Crippen molar-refractivity contribution in [2.45, 2.75) is 103 Å². The van der Waals surface area contributed by atoms with Gasteiger partial charge in [0.2, 0.25) is 0 Å². The van der Waals surface area contributed by atoms with E-state index in [0.717, 1.165) is 44.8 Å². The molecular formula is C29H51N3O3. The normalized spacial score (nSPS) is 43.7. The molecule has 6 heteroatoms. The SMILES string of the molecule is COC[C@]12CC[C@@H](O)C[C@@H]1CC[C@@H]1C2CC[C@]2(C)[C@@H](C(=O)CN(NCCN)C3CCCC3)CC[C@@H]12. The van der Waals surface area contributed by atoms with Crippen molar-refractivity contribution < 1.29 is 14.6 Å². The molecule has 8 atom stereocenters. The first-order chi connectivity index (χ1) is 16.9. The standard InChI is InChI=1S/C29H51N3O3/c1-28-13-12-25-23(8-7-20-17-22(33)11-14-29(20,25)19-35-2)24(28)9-10-26(28)27(34)18-32(31-16-15-30)21-5-3-4-6-21/h20-26,31,33H,3-19,30H2,1-2H3/t20-,22+,23-,24-,25?,26+,28-,29+/m0/s1. The van der Waals surface area contributed by atoms with Crippen molar-refractivity contribution in [3.8, 4) is 0 Å². The summed E-state index contributed by atoms with van der Waals surface area (Å²) in [5.74, 6) is 3.33. The maximum atomic E-state index is 13.9. The highest BCUT2D eigenvalue weighted by Crippen LogP contribution is 2.67. The summed E-state index contributed by atoms with van der Waals surface area (Å²) >= 11 is 0. The number of ketones is 1. The Balaban J connectivity index is 1.31. The molecule has 200 valence electrons. The van der Waals surface area contributed by atoms with Crippen LogP contribution in [0.1, 0.15) is 90.4 Å². The number of nitrogens with zero attached hydrogens (tertiary/aromatic N) is 1. The van der Waals surface area contributed by atoms with E-state index in [4.69, 9.17) is 10.5 Å². The number of rotatable bonds is 9. The fourth-order valence-electron chi connectivity index (χ4n) is 10.1. The predicted molar refractivity (Wildman–Crippen MR) is 138 cm³/mol. The average molecular weight is 490 g/mol. The zero-order valence-electron chi connectivity index (χ0n) is 22.4. The average Bonchev–Trinajstić information content (AvgIpc) is 3.50. The van der Waals surface area contributed by atoms with Crippen molar-refractivity contribution >= 4 is 5.78 Å². The van der Waals surface area contributed by atoms with Gasteiger partial charge in [-0.05, 0) is 105 Å². The molecule has 0 spiro atoms. The van der Waals surface area contributed by atoms with Crippen molar-refractivity contribution in [3.63, 3.8) is 0 Å². The second-order valence-electron chi connectivity index (χ2n) is 13.1. The fourth-order valence-corrected chi connectivity index (χ4v) is 10.1. The molecule has 0 heterocycles. The van der Waals surface area contributed by atoms with Crippen LogP contribution in [-0.2, 0) is 9.53 Å². The van der Waals surface area contributed by atoms with Crippen molar-refractivity contribution in [1.29, 1.82) is 0 Å². The van der Waals surface area contributed by atoms with E-state index >= 15 is 0 Å². The first-order valence-corrected chi connectivity index (χ1v) is 14.8. The molecule has 0 aromatic carbocycles. The predicted octanol–water partition coefficient (Wildman–Crippen LogP) is 3.91. The molecule has 5 saturated carbocycles. The van der Waals surface area contributed by atoms with Crippen LogP contribution in [0.25, 0.3) is 0 Å². The van der Waals surface area contributed by atoms with E-state index in [9.17, 15) is 9.90 Å². The fraction of sp³-hybridized carbons (Fsp3) is 0.966. The van der Waals surface area contributed by atoms with Crippen molar-refractivity contribution in [2.24, 2.45) is 46.2 Å². The second-order valence-corrected chi connectivity index (χ2v) is 13.1. The molecule has 5 rings (SSSR count). The third kappa shape index (κ3) is 4.65. The van der Waals surface area contributed by atoms with Crippen LogP contribution in [0.5, 0.6) is 0 Å². The molecule has 0 bridgehead atoms. The molecule has 5 fully saturated rings. The highest BCUT2D eigenvalue weighted by atomic mass is 16.5. The molecule has 35 heavy (non-hydrogen) atoms. The molecule has 4 N–H and O–H groups in total. The summed E-state index contributed by atoms with van der Waals surface area (Å²) in [5, 5.41) is 12.7. The van der Waals surface area contributed by atoms with Gasteiger partial charge in [-0.25, -0.2) is 5.01 Å². The topological polar surface area (TPSA) is 87.8 Å². The van der Waals surface area contributed by atoms with Crippen LogP contribution >= 0.6 is 0 Å². The van der Waals surface area contributed by atoms with E-state index in [-0.39, 0.29) is 22.9 Å². The van der Waals surface area contributed by atoms with Gasteiger partial charge >= 0.3 is 0 Å². The minimum absolute atomic E-state index is 0.125. The number of hydrogen-bond acceptors (Lipinski definition) is 6. The number of ether oxygens (including phenoxy) is 1. The number of Topliss-reactive ketones (excluding diaryl/α,β-unsaturated/α-hetero) is 1. The lowest BCUT2D eigenvalue weighted by Crippen LogP contribution is -2.57. The Kier molecular flexibility index (Phi) is 7.96. The molecule has 0 amide bonds. The number of carbonyl (C=O) groups excluding carboxylic acids is 1.